The smallest absolute Gasteiger partial charge is 0.162 e. The molecule has 0 radical (unpaired) electrons. The summed E-state index contributed by atoms with van der Waals surface area (Å²) in [5.74, 6) is -0.852. The molecule has 0 aromatic heterocycles. The molecule has 0 aliphatic heterocycles. The van der Waals surface area contributed by atoms with Gasteiger partial charge in [-0.1, -0.05) is 11.6 Å². The van der Waals surface area contributed by atoms with Crippen LogP contribution in [0.1, 0.15) is 17.3 Å². The Kier molecular flexibility index (Phi) is 3.06. The van der Waals surface area contributed by atoms with E-state index in [-0.39, 0.29) is 11.3 Å². The van der Waals surface area contributed by atoms with E-state index >= 15 is 0 Å². The first kappa shape index (κ1) is 9.92. The molecule has 64 valence electrons. The zero-order chi connectivity index (χ0) is 9.30. The fourth-order valence-corrected chi connectivity index (χ4v) is 1.41. The molecule has 0 bridgehead atoms. The maximum atomic E-state index is 13.0. The molecule has 1 aromatic carbocycles. The molecule has 12 heavy (non-hydrogen) atoms. The van der Waals surface area contributed by atoms with Crippen molar-refractivity contribution in [1.82, 2.24) is 0 Å². The van der Waals surface area contributed by atoms with Gasteiger partial charge in [0.2, 0.25) is 0 Å². The first-order chi connectivity index (χ1) is 5.52. The molecule has 0 aliphatic rings. The van der Waals surface area contributed by atoms with Crippen LogP contribution >= 0.6 is 34.2 Å². The minimum atomic E-state index is -0.562. The SMILES string of the molecule is CC(=O)c1cc(I)c(Cl)cc1F. The van der Waals surface area contributed by atoms with Gasteiger partial charge in [0.1, 0.15) is 5.82 Å². The Bertz CT molecular complexity index is 338. The molecule has 1 rings (SSSR count). The van der Waals surface area contributed by atoms with E-state index in [1.165, 1.54) is 13.0 Å². The van der Waals surface area contributed by atoms with E-state index in [4.69, 9.17) is 11.6 Å². The molecule has 0 heterocycles. The second-order valence-electron chi connectivity index (χ2n) is 2.30. The van der Waals surface area contributed by atoms with Crippen molar-refractivity contribution in [3.05, 3.63) is 32.1 Å². The van der Waals surface area contributed by atoms with Crippen molar-refractivity contribution in [1.29, 1.82) is 0 Å². The van der Waals surface area contributed by atoms with E-state index in [0.29, 0.717) is 8.59 Å². The lowest BCUT2D eigenvalue weighted by atomic mass is 10.1. The lowest BCUT2D eigenvalue weighted by molar-refractivity contribution is 0.101. The van der Waals surface area contributed by atoms with Crippen molar-refractivity contribution >= 4 is 40.0 Å². The summed E-state index contributed by atoms with van der Waals surface area (Å²) < 4.78 is 13.7. The zero-order valence-electron chi connectivity index (χ0n) is 6.20. The van der Waals surface area contributed by atoms with Gasteiger partial charge in [-0.2, -0.15) is 0 Å². The number of benzene rings is 1. The van der Waals surface area contributed by atoms with Crippen LogP contribution < -0.4 is 0 Å². The quantitative estimate of drug-likeness (QED) is 0.442. The maximum absolute atomic E-state index is 13.0. The second kappa shape index (κ2) is 3.70. The summed E-state index contributed by atoms with van der Waals surface area (Å²) in [4.78, 5) is 10.8. The topological polar surface area (TPSA) is 17.1 Å². The van der Waals surface area contributed by atoms with Crippen molar-refractivity contribution in [2.45, 2.75) is 6.92 Å². The fraction of sp³-hybridized carbons (Fsp3) is 0.125. The summed E-state index contributed by atoms with van der Waals surface area (Å²) in [7, 11) is 0. The Hall–Kier alpha value is -0.160. The average molecular weight is 298 g/mol. The molecule has 0 fully saturated rings. The Labute approximate surface area is 88.1 Å². The lowest BCUT2D eigenvalue weighted by Crippen LogP contribution is -1.97. The van der Waals surface area contributed by atoms with E-state index in [1.54, 1.807) is 0 Å². The lowest BCUT2D eigenvalue weighted by Gasteiger charge is -2.00. The number of carbonyl (C=O) groups is 1. The van der Waals surface area contributed by atoms with E-state index in [1.807, 2.05) is 22.6 Å². The van der Waals surface area contributed by atoms with Gasteiger partial charge >= 0.3 is 0 Å². The van der Waals surface area contributed by atoms with Crippen LogP contribution in [0.4, 0.5) is 4.39 Å². The van der Waals surface area contributed by atoms with Gasteiger partial charge in [0, 0.05) is 3.57 Å². The maximum Gasteiger partial charge on any atom is 0.162 e. The number of halogens is 3. The largest absolute Gasteiger partial charge is 0.294 e. The predicted molar refractivity (Wildman–Crippen MR) is 54.1 cm³/mol. The molecule has 0 aliphatic carbocycles. The Morgan fingerprint density at radius 1 is 1.58 bits per heavy atom. The van der Waals surface area contributed by atoms with Gasteiger partial charge in [0.05, 0.1) is 10.6 Å². The average Bonchev–Trinajstić information content (AvgIpc) is 1.96. The van der Waals surface area contributed by atoms with E-state index < -0.39 is 5.82 Å². The van der Waals surface area contributed by atoms with Gasteiger partial charge in [-0.05, 0) is 41.6 Å². The Balaban J connectivity index is 3.33. The number of hydrogen-bond donors (Lipinski definition) is 0. The van der Waals surface area contributed by atoms with Gasteiger partial charge in [-0.15, -0.1) is 0 Å². The highest BCUT2D eigenvalue weighted by Crippen LogP contribution is 2.22. The highest BCUT2D eigenvalue weighted by molar-refractivity contribution is 14.1. The molecule has 1 nitrogen and oxygen atoms in total. The van der Waals surface area contributed by atoms with Gasteiger partial charge in [-0.3, -0.25) is 4.79 Å². The number of ketones is 1. The molecule has 0 saturated heterocycles. The summed E-state index contributed by atoms with van der Waals surface area (Å²) in [6.07, 6.45) is 0. The van der Waals surface area contributed by atoms with Crippen molar-refractivity contribution in [2.75, 3.05) is 0 Å². The number of rotatable bonds is 1. The monoisotopic (exact) mass is 298 g/mol. The van der Waals surface area contributed by atoms with Gasteiger partial charge in [0.25, 0.3) is 0 Å². The molecule has 0 N–H and O–H groups in total. The first-order valence-electron chi connectivity index (χ1n) is 3.18. The zero-order valence-corrected chi connectivity index (χ0v) is 9.11. The summed E-state index contributed by atoms with van der Waals surface area (Å²) in [5.41, 5.74) is 0.0869. The first-order valence-corrected chi connectivity index (χ1v) is 4.63. The van der Waals surface area contributed by atoms with E-state index in [9.17, 15) is 9.18 Å². The fourth-order valence-electron chi connectivity index (χ4n) is 0.792. The Morgan fingerprint density at radius 2 is 2.17 bits per heavy atom. The van der Waals surface area contributed by atoms with E-state index in [0.717, 1.165) is 6.07 Å². The standard InChI is InChI=1S/C8H5ClFIO/c1-4(12)5-2-8(11)6(9)3-7(5)10/h2-3H,1H3. The van der Waals surface area contributed by atoms with Crippen molar-refractivity contribution < 1.29 is 9.18 Å². The number of Topliss-reactive ketones (excluding diaryl/α,β-unsaturated/α-hetero) is 1. The molecule has 0 saturated carbocycles. The van der Waals surface area contributed by atoms with Crippen molar-refractivity contribution in [3.63, 3.8) is 0 Å². The van der Waals surface area contributed by atoms with Crippen LogP contribution in [0.15, 0.2) is 12.1 Å². The predicted octanol–water partition coefficient (Wildman–Crippen LogP) is 3.29. The molecule has 1 aromatic rings. The molecule has 0 amide bonds. The van der Waals surface area contributed by atoms with Crippen LogP contribution in [-0.4, -0.2) is 5.78 Å². The molecular weight excluding hydrogens is 293 g/mol. The summed E-state index contributed by atoms with van der Waals surface area (Å²) in [6.45, 7) is 1.32. The third-order valence-corrected chi connectivity index (χ3v) is 2.91. The van der Waals surface area contributed by atoms with E-state index in [2.05, 4.69) is 0 Å². The van der Waals surface area contributed by atoms with Gasteiger partial charge in [0.15, 0.2) is 5.78 Å². The van der Waals surface area contributed by atoms with Crippen LogP contribution in [0, 0.1) is 9.39 Å². The summed E-state index contributed by atoms with van der Waals surface area (Å²) in [5, 5.41) is 0.332. The molecule has 0 unspecified atom stereocenters. The van der Waals surface area contributed by atoms with Crippen LogP contribution in [0.2, 0.25) is 5.02 Å². The van der Waals surface area contributed by atoms with Crippen LogP contribution in [-0.2, 0) is 0 Å². The number of carbonyl (C=O) groups excluding carboxylic acids is 1. The third kappa shape index (κ3) is 1.95. The third-order valence-electron chi connectivity index (χ3n) is 1.39. The second-order valence-corrected chi connectivity index (χ2v) is 3.87. The van der Waals surface area contributed by atoms with Crippen LogP contribution in [0.3, 0.4) is 0 Å². The highest BCUT2D eigenvalue weighted by Gasteiger charge is 2.09. The van der Waals surface area contributed by atoms with Crippen LogP contribution in [0.25, 0.3) is 0 Å². The van der Waals surface area contributed by atoms with Gasteiger partial charge < -0.3 is 0 Å². The summed E-state index contributed by atoms with van der Waals surface area (Å²) in [6, 6.07) is 2.60. The van der Waals surface area contributed by atoms with Crippen LogP contribution in [0.5, 0.6) is 0 Å². The highest BCUT2D eigenvalue weighted by atomic mass is 127. The van der Waals surface area contributed by atoms with Crippen molar-refractivity contribution in [2.24, 2.45) is 0 Å². The van der Waals surface area contributed by atoms with Crippen molar-refractivity contribution in [3.8, 4) is 0 Å². The van der Waals surface area contributed by atoms with Gasteiger partial charge in [-0.25, -0.2) is 4.39 Å². The molecular formula is C8H5ClFIO. The minimum absolute atomic E-state index is 0.0869. The molecule has 4 heteroatoms. The summed E-state index contributed by atoms with van der Waals surface area (Å²) >= 11 is 7.58. The Morgan fingerprint density at radius 3 is 2.67 bits per heavy atom. The minimum Gasteiger partial charge on any atom is -0.294 e. The molecule has 0 spiro atoms. The number of hydrogen-bond acceptors (Lipinski definition) is 1. The molecule has 0 atom stereocenters. The normalized spacial score (nSPS) is 10.0.